The van der Waals surface area contributed by atoms with E-state index in [2.05, 4.69) is 4.74 Å². The third-order valence-electron chi connectivity index (χ3n) is 1.86. The molecule has 2 N–H and O–H groups in total. The van der Waals surface area contributed by atoms with Gasteiger partial charge in [-0.1, -0.05) is 23.2 Å². The molecule has 1 aromatic carbocycles. The van der Waals surface area contributed by atoms with Gasteiger partial charge in [-0.3, -0.25) is 0 Å². The van der Waals surface area contributed by atoms with E-state index >= 15 is 0 Å². The lowest BCUT2D eigenvalue weighted by Crippen LogP contribution is -2.09. The van der Waals surface area contributed by atoms with E-state index in [4.69, 9.17) is 33.7 Å². The molecule has 0 heterocycles. The second kappa shape index (κ2) is 5.52. The van der Waals surface area contributed by atoms with E-state index in [1.54, 1.807) is 0 Å². The fourth-order valence-corrected chi connectivity index (χ4v) is 1.62. The van der Waals surface area contributed by atoms with Crippen molar-refractivity contribution in [2.75, 3.05) is 7.11 Å². The molecule has 3 nitrogen and oxygen atoms in total. The summed E-state index contributed by atoms with van der Waals surface area (Å²) in [5.74, 6) is -0.121. The topological polar surface area (TPSA) is 44.5 Å². The van der Waals surface area contributed by atoms with Crippen molar-refractivity contribution in [3.05, 3.63) is 21.7 Å². The van der Waals surface area contributed by atoms with Gasteiger partial charge >= 0.3 is 6.61 Å². The van der Waals surface area contributed by atoms with Crippen molar-refractivity contribution in [1.29, 1.82) is 0 Å². The second-order valence-corrected chi connectivity index (χ2v) is 3.55. The molecular formula is C9H9Cl2F2NO2. The number of nitrogens with two attached hydrogens (primary N) is 1. The van der Waals surface area contributed by atoms with Gasteiger partial charge in [0.1, 0.15) is 0 Å². The largest absolute Gasteiger partial charge is 0.493 e. The Hall–Kier alpha value is -0.780. The average Bonchev–Trinajstić information content (AvgIpc) is 2.23. The van der Waals surface area contributed by atoms with Gasteiger partial charge in [0.25, 0.3) is 0 Å². The number of halogens is 4. The lowest BCUT2D eigenvalue weighted by Gasteiger charge is -2.15. The molecule has 0 radical (unpaired) electrons. The molecule has 0 spiro atoms. The van der Waals surface area contributed by atoms with E-state index < -0.39 is 6.61 Å². The van der Waals surface area contributed by atoms with Crippen LogP contribution in [0.3, 0.4) is 0 Å². The van der Waals surface area contributed by atoms with Gasteiger partial charge < -0.3 is 15.2 Å². The van der Waals surface area contributed by atoms with Crippen molar-refractivity contribution in [1.82, 2.24) is 0 Å². The molecule has 0 saturated heterocycles. The molecule has 0 amide bonds. The van der Waals surface area contributed by atoms with E-state index in [0.29, 0.717) is 0 Å². The standard InChI is InChI=1S/C9H9Cl2F2NO2/c1-15-6-2-5(10)7(11)4(3-14)8(6)16-9(12)13/h2,9H,3,14H2,1H3. The van der Waals surface area contributed by atoms with Crippen LogP contribution in [0.1, 0.15) is 5.56 Å². The lowest BCUT2D eigenvalue weighted by molar-refractivity contribution is -0.0518. The number of alkyl halides is 2. The molecule has 0 saturated carbocycles. The summed E-state index contributed by atoms with van der Waals surface area (Å²) >= 11 is 11.6. The van der Waals surface area contributed by atoms with Gasteiger partial charge in [-0.25, -0.2) is 0 Å². The van der Waals surface area contributed by atoms with Crippen LogP contribution < -0.4 is 15.2 Å². The number of hydrogen-bond donors (Lipinski definition) is 1. The minimum Gasteiger partial charge on any atom is -0.493 e. The first-order valence-electron chi connectivity index (χ1n) is 4.21. The minimum atomic E-state index is -2.99. The van der Waals surface area contributed by atoms with Crippen LogP contribution in [0.4, 0.5) is 8.78 Å². The molecule has 0 unspecified atom stereocenters. The molecule has 90 valence electrons. The van der Waals surface area contributed by atoms with Crippen LogP contribution in [-0.4, -0.2) is 13.7 Å². The molecule has 1 rings (SSSR count). The molecule has 0 aromatic heterocycles. The number of methoxy groups -OCH3 is 1. The predicted octanol–water partition coefficient (Wildman–Crippen LogP) is 3.06. The normalized spacial score (nSPS) is 10.7. The zero-order valence-electron chi connectivity index (χ0n) is 8.27. The third kappa shape index (κ3) is 2.66. The Kier molecular flexibility index (Phi) is 4.58. The summed E-state index contributed by atoms with van der Waals surface area (Å²) in [4.78, 5) is 0. The summed E-state index contributed by atoms with van der Waals surface area (Å²) in [6.07, 6.45) is 0. The maximum Gasteiger partial charge on any atom is 0.387 e. The molecule has 0 aliphatic heterocycles. The van der Waals surface area contributed by atoms with E-state index in [0.717, 1.165) is 0 Å². The average molecular weight is 272 g/mol. The molecule has 0 bridgehead atoms. The second-order valence-electron chi connectivity index (χ2n) is 2.76. The molecule has 16 heavy (non-hydrogen) atoms. The van der Waals surface area contributed by atoms with Crippen LogP contribution in [0.25, 0.3) is 0 Å². The van der Waals surface area contributed by atoms with Crippen molar-refractivity contribution in [3.8, 4) is 11.5 Å². The van der Waals surface area contributed by atoms with E-state index in [1.165, 1.54) is 13.2 Å². The highest BCUT2D eigenvalue weighted by Crippen LogP contribution is 2.41. The Bertz CT molecular complexity index is 388. The number of rotatable bonds is 4. The van der Waals surface area contributed by atoms with Gasteiger partial charge in [0.05, 0.1) is 17.2 Å². The van der Waals surface area contributed by atoms with Gasteiger partial charge in [0.2, 0.25) is 0 Å². The minimum absolute atomic E-state index is 0.0650. The van der Waals surface area contributed by atoms with Crippen LogP contribution in [0, 0.1) is 0 Å². The molecule has 0 aliphatic carbocycles. The Morgan fingerprint density at radius 3 is 2.50 bits per heavy atom. The highest BCUT2D eigenvalue weighted by Gasteiger charge is 2.20. The van der Waals surface area contributed by atoms with Gasteiger partial charge in [-0.2, -0.15) is 8.78 Å². The van der Waals surface area contributed by atoms with Crippen molar-refractivity contribution < 1.29 is 18.3 Å². The SMILES string of the molecule is COc1cc(Cl)c(Cl)c(CN)c1OC(F)F. The maximum absolute atomic E-state index is 12.2. The van der Waals surface area contributed by atoms with Crippen molar-refractivity contribution in [2.45, 2.75) is 13.2 Å². The maximum atomic E-state index is 12.2. The van der Waals surface area contributed by atoms with Crippen LogP contribution >= 0.6 is 23.2 Å². The molecule has 7 heteroatoms. The zero-order chi connectivity index (χ0) is 12.3. The smallest absolute Gasteiger partial charge is 0.387 e. The van der Waals surface area contributed by atoms with Crippen LogP contribution in [0.15, 0.2) is 6.07 Å². The molecule has 0 fully saturated rings. The Morgan fingerprint density at radius 1 is 1.44 bits per heavy atom. The Balaban J connectivity index is 3.34. The summed E-state index contributed by atoms with van der Waals surface area (Å²) in [5, 5.41) is 0.251. The summed E-state index contributed by atoms with van der Waals surface area (Å²) < 4.78 is 33.6. The molecule has 1 aromatic rings. The Labute approximate surface area is 101 Å². The first-order valence-corrected chi connectivity index (χ1v) is 4.96. The number of hydrogen-bond acceptors (Lipinski definition) is 3. The summed E-state index contributed by atoms with van der Waals surface area (Å²) in [7, 11) is 1.30. The van der Waals surface area contributed by atoms with Crippen molar-refractivity contribution in [2.24, 2.45) is 5.73 Å². The quantitative estimate of drug-likeness (QED) is 0.916. The summed E-state index contributed by atoms with van der Waals surface area (Å²) in [6.45, 7) is -3.07. The first-order chi connectivity index (χ1) is 7.51. The number of ether oxygens (including phenoxy) is 2. The Morgan fingerprint density at radius 2 is 2.06 bits per heavy atom. The number of benzene rings is 1. The molecular weight excluding hydrogens is 263 g/mol. The predicted molar refractivity (Wildman–Crippen MR) is 57.5 cm³/mol. The van der Waals surface area contributed by atoms with E-state index in [-0.39, 0.29) is 33.7 Å². The summed E-state index contributed by atoms with van der Waals surface area (Å²) in [6, 6.07) is 1.29. The van der Waals surface area contributed by atoms with Crippen LogP contribution in [-0.2, 0) is 6.54 Å². The van der Waals surface area contributed by atoms with Crippen molar-refractivity contribution in [3.63, 3.8) is 0 Å². The highest BCUT2D eigenvalue weighted by molar-refractivity contribution is 6.42. The van der Waals surface area contributed by atoms with Gasteiger partial charge in [-0.15, -0.1) is 0 Å². The molecule has 0 aliphatic rings. The third-order valence-corrected chi connectivity index (χ3v) is 2.69. The summed E-state index contributed by atoms with van der Waals surface area (Å²) in [5.41, 5.74) is 5.58. The van der Waals surface area contributed by atoms with Crippen molar-refractivity contribution >= 4 is 23.2 Å². The van der Waals surface area contributed by atoms with Gasteiger partial charge in [0, 0.05) is 18.2 Å². The van der Waals surface area contributed by atoms with Gasteiger partial charge in [-0.05, 0) is 0 Å². The van der Waals surface area contributed by atoms with Crippen LogP contribution in [0.5, 0.6) is 11.5 Å². The lowest BCUT2D eigenvalue weighted by atomic mass is 10.2. The monoisotopic (exact) mass is 271 g/mol. The van der Waals surface area contributed by atoms with Gasteiger partial charge in [0.15, 0.2) is 11.5 Å². The van der Waals surface area contributed by atoms with E-state index in [9.17, 15) is 8.78 Å². The fourth-order valence-electron chi connectivity index (χ4n) is 1.19. The zero-order valence-corrected chi connectivity index (χ0v) is 9.78. The van der Waals surface area contributed by atoms with E-state index in [1.807, 2.05) is 0 Å². The fraction of sp³-hybridized carbons (Fsp3) is 0.333. The molecule has 0 atom stereocenters. The highest BCUT2D eigenvalue weighted by atomic mass is 35.5. The van der Waals surface area contributed by atoms with Crippen LogP contribution in [0.2, 0.25) is 10.0 Å². The first kappa shape index (κ1) is 13.3.